The molecule has 0 fully saturated rings. The highest BCUT2D eigenvalue weighted by Crippen LogP contribution is 2.43. The molecule has 170 valence electrons. The summed E-state index contributed by atoms with van der Waals surface area (Å²) < 4.78 is 18.9. The van der Waals surface area contributed by atoms with Crippen molar-refractivity contribution in [2.24, 2.45) is 0 Å². The lowest BCUT2D eigenvalue weighted by atomic mass is 9.96. The van der Waals surface area contributed by atoms with Crippen molar-refractivity contribution in [2.45, 2.75) is 19.1 Å². The molecule has 2 heterocycles. The van der Waals surface area contributed by atoms with Crippen molar-refractivity contribution in [3.8, 4) is 22.8 Å². The van der Waals surface area contributed by atoms with Crippen molar-refractivity contribution in [3.05, 3.63) is 93.3 Å². The summed E-state index contributed by atoms with van der Waals surface area (Å²) in [6, 6.07) is 19.1. The summed E-state index contributed by atoms with van der Waals surface area (Å²) >= 11 is 0. The quantitative estimate of drug-likeness (QED) is 0.400. The summed E-state index contributed by atoms with van der Waals surface area (Å²) in [6.45, 7) is 0.870. The maximum Gasteiger partial charge on any atom is 0.262 e. The van der Waals surface area contributed by atoms with Crippen LogP contribution in [0.25, 0.3) is 22.0 Å². The van der Waals surface area contributed by atoms with Crippen LogP contribution < -0.4 is 15.0 Å². The van der Waals surface area contributed by atoms with Gasteiger partial charge in [-0.25, -0.2) is 0 Å². The topological polar surface area (TPSA) is 66.8 Å². The molecule has 6 nitrogen and oxygen atoms in total. The second-order valence-electron chi connectivity index (χ2n) is 8.55. The summed E-state index contributed by atoms with van der Waals surface area (Å²) in [4.78, 5) is 27.7. The minimum Gasteiger partial charge on any atom is -0.493 e. The molecule has 0 unspecified atom stereocenters. The van der Waals surface area contributed by atoms with Gasteiger partial charge in [0, 0.05) is 16.5 Å². The zero-order valence-corrected chi connectivity index (χ0v) is 19.0. The van der Waals surface area contributed by atoms with Gasteiger partial charge in [-0.1, -0.05) is 48.5 Å². The Balaban J connectivity index is 1.67. The number of methoxy groups -OCH3 is 2. The van der Waals surface area contributed by atoms with Gasteiger partial charge >= 0.3 is 0 Å². The number of nitrogens with zero attached hydrogens (tertiary/aromatic N) is 1. The van der Waals surface area contributed by atoms with E-state index in [2.05, 4.69) is 6.07 Å². The van der Waals surface area contributed by atoms with E-state index in [-0.39, 0.29) is 24.0 Å². The number of hydrogen-bond donors (Lipinski definition) is 0. The molecule has 34 heavy (non-hydrogen) atoms. The maximum atomic E-state index is 14.1. The van der Waals surface area contributed by atoms with E-state index in [1.807, 2.05) is 42.5 Å². The second kappa shape index (κ2) is 7.85. The van der Waals surface area contributed by atoms with Gasteiger partial charge in [-0.3, -0.25) is 9.59 Å². The summed E-state index contributed by atoms with van der Waals surface area (Å²) in [5.74, 6) is 0.678. The molecule has 6 heteroatoms. The van der Waals surface area contributed by atoms with Gasteiger partial charge in [0.1, 0.15) is 6.10 Å². The average Bonchev–Trinajstić information content (AvgIpc) is 3.18. The van der Waals surface area contributed by atoms with Crippen molar-refractivity contribution in [3.63, 3.8) is 0 Å². The number of pyridine rings is 1. The Bertz CT molecular complexity index is 1530. The Morgan fingerprint density at radius 2 is 1.71 bits per heavy atom. The van der Waals surface area contributed by atoms with Crippen LogP contribution in [0.15, 0.2) is 65.5 Å². The molecule has 1 atom stereocenters. The minimum atomic E-state index is -0.302. The van der Waals surface area contributed by atoms with E-state index in [9.17, 15) is 9.59 Å². The number of fused-ring (bicyclic) bond motifs is 6. The molecule has 0 N–H and O–H groups in total. The van der Waals surface area contributed by atoms with Crippen molar-refractivity contribution >= 4 is 16.6 Å². The van der Waals surface area contributed by atoms with Crippen LogP contribution in [0.3, 0.4) is 0 Å². The van der Waals surface area contributed by atoms with Gasteiger partial charge in [0.05, 0.1) is 44.0 Å². The van der Waals surface area contributed by atoms with E-state index in [1.165, 1.54) is 19.8 Å². The third kappa shape index (κ3) is 2.85. The summed E-state index contributed by atoms with van der Waals surface area (Å²) in [5, 5.41) is 0.908. The van der Waals surface area contributed by atoms with Gasteiger partial charge in [-0.2, -0.15) is 0 Å². The molecular formula is C28H23NO5. The molecule has 1 aliphatic carbocycles. The third-order valence-corrected chi connectivity index (χ3v) is 6.88. The molecule has 4 aromatic rings. The fourth-order valence-corrected chi connectivity index (χ4v) is 5.35. The fourth-order valence-electron chi connectivity index (χ4n) is 5.35. The van der Waals surface area contributed by atoms with Crippen LogP contribution in [0, 0.1) is 0 Å². The van der Waals surface area contributed by atoms with Crippen molar-refractivity contribution < 1.29 is 19.0 Å². The van der Waals surface area contributed by atoms with Crippen LogP contribution in [0.5, 0.6) is 11.5 Å². The molecule has 0 radical (unpaired) electrons. The highest BCUT2D eigenvalue weighted by Gasteiger charge is 2.35. The zero-order chi connectivity index (χ0) is 23.4. The lowest BCUT2D eigenvalue weighted by Crippen LogP contribution is -2.29. The van der Waals surface area contributed by atoms with E-state index in [0.29, 0.717) is 45.7 Å². The molecule has 0 spiro atoms. The first-order valence-electron chi connectivity index (χ1n) is 11.3. The average molecular weight is 453 g/mol. The largest absolute Gasteiger partial charge is 0.493 e. The zero-order valence-electron chi connectivity index (χ0n) is 19.0. The Hall–Kier alpha value is -3.90. The Labute approximate surface area is 196 Å². The van der Waals surface area contributed by atoms with E-state index in [1.54, 1.807) is 16.7 Å². The van der Waals surface area contributed by atoms with Gasteiger partial charge in [0.2, 0.25) is 0 Å². The SMILES string of the molecule is COc1ccc2c3c(n(C[C@H]4OCCc5ccccc54)c(=O)c2c1OC)-c1ccccc1C3=O. The number of ketones is 1. The molecular weight excluding hydrogens is 430 g/mol. The molecule has 1 aliphatic heterocycles. The molecule has 0 amide bonds. The summed E-state index contributed by atoms with van der Waals surface area (Å²) in [5.41, 5.74) is 4.57. The van der Waals surface area contributed by atoms with Gasteiger partial charge < -0.3 is 18.8 Å². The number of carbonyl (C=O) groups is 1. The van der Waals surface area contributed by atoms with E-state index >= 15 is 0 Å². The molecule has 1 aromatic heterocycles. The molecule has 2 aliphatic rings. The maximum absolute atomic E-state index is 14.1. The number of hydrogen-bond acceptors (Lipinski definition) is 5. The first-order chi connectivity index (χ1) is 16.6. The van der Waals surface area contributed by atoms with E-state index < -0.39 is 0 Å². The van der Waals surface area contributed by atoms with Crippen LogP contribution in [0.2, 0.25) is 0 Å². The predicted octanol–water partition coefficient (Wildman–Crippen LogP) is 4.54. The van der Waals surface area contributed by atoms with Crippen molar-refractivity contribution in [1.29, 1.82) is 0 Å². The number of benzene rings is 3. The van der Waals surface area contributed by atoms with Crippen LogP contribution in [-0.4, -0.2) is 31.2 Å². The molecule has 3 aromatic carbocycles. The number of ether oxygens (including phenoxy) is 3. The van der Waals surface area contributed by atoms with Crippen LogP contribution in [-0.2, 0) is 17.7 Å². The Morgan fingerprint density at radius 3 is 2.50 bits per heavy atom. The normalized spacial score (nSPS) is 16.2. The fraction of sp³-hybridized carbons (Fsp3) is 0.214. The van der Waals surface area contributed by atoms with Crippen molar-refractivity contribution in [2.75, 3.05) is 20.8 Å². The minimum absolute atomic E-state index is 0.0958. The van der Waals surface area contributed by atoms with Gasteiger partial charge in [0.15, 0.2) is 17.3 Å². The predicted molar refractivity (Wildman–Crippen MR) is 129 cm³/mol. The van der Waals surface area contributed by atoms with Crippen molar-refractivity contribution in [1.82, 2.24) is 4.57 Å². The number of aromatic nitrogens is 1. The van der Waals surface area contributed by atoms with Gasteiger partial charge in [-0.15, -0.1) is 0 Å². The second-order valence-corrected chi connectivity index (χ2v) is 8.55. The number of carbonyl (C=O) groups excluding carboxylic acids is 1. The molecule has 6 rings (SSSR count). The lowest BCUT2D eigenvalue weighted by Gasteiger charge is -2.28. The summed E-state index contributed by atoms with van der Waals surface area (Å²) in [7, 11) is 3.04. The smallest absolute Gasteiger partial charge is 0.262 e. The third-order valence-electron chi connectivity index (χ3n) is 6.88. The number of rotatable bonds is 4. The molecule has 0 bridgehead atoms. The van der Waals surface area contributed by atoms with Crippen LogP contribution >= 0.6 is 0 Å². The first kappa shape index (κ1) is 20.7. The highest BCUT2D eigenvalue weighted by molar-refractivity contribution is 6.27. The highest BCUT2D eigenvalue weighted by atomic mass is 16.5. The molecule has 0 saturated heterocycles. The monoisotopic (exact) mass is 453 g/mol. The Kier molecular flexibility index (Phi) is 4.78. The Morgan fingerprint density at radius 1 is 0.941 bits per heavy atom. The van der Waals surface area contributed by atoms with Crippen LogP contribution in [0.1, 0.15) is 33.2 Å². The first-order valence-corrected chi connectivity index (χ1v) is 11.3. The van der Waals surface area contributed by atoms with Gasteiger partial charge in [0.25, 0.3) is 5.56 Å². The van der Waals surface area contributed by atoms with E-state index in [0.717, 1.165) is 17.5 Å². The lowest BCUT2D eigenvalue weighted by molar-refractivity contribution is 0.0303. The van der Waals surface area contributed by atoms with Gasteiger partial charge in [-0.05, 0) is 29.7 Å². The molecule has 0 saturated carbocycles. The van der Waals surface area contributed by atoms with Crippen LogP contribution in [0.4, 0.5) is 0 Å². The standard InChI is InChI=1S/C28H23NO5/c1-32-21-12-11-20-23-25(18-9-5-6-10-19(18)26(23)30)29(28(31)24(20)27(21)33-2)15-22-17-8-4-3-7-16(17)13-14-34-22/h3-12,22H,13-15H2,1-2H3/t22-/m1/s1. The van der Waals surface area contributed by atoms with E-state index in [4.69, 9.17) is 14.2 Å². The summed E-state index contributed by atoms with van der Waals surface area (Å²) in [6.07, 6.45) is 0.535.